The average molecular weight is 317 g/mol. The van der Waals surface area contributed by atoms with E-state index in [1.165, 1.54) is 35.5 Å². The predicted molar refractivity (Wildman–Crippen MR) is 78.1 cm³/mol. The standard InChI is InChI=1S/C15H15N3O5/c1-3-9-23-15(21)18-8-4-7-17(18)13(19)12-6-5-11(10-16-12)14(20)22-2/h1,5-6,10H,4,7-9H2,2H3. The van der Waals surface area contributed by atoms with Crippen LogP contribution in [-0.2, 0) is 9.47 Å². The van der Waals surface area contributed by atoms with Crippen LogP contribution >= 0.6 is 0 Å². The molecule has 1 aromatic rings. The number of hydrazine groups is 1. The maximum Gasteiger partial charge on any atom is 0.429 e. The fraction of sp³-hybridized carbons (Fsp3) is 0.333. The van der Waals surface area contributed by atoms with E-state index >= 15 is 0 Å². The first kappa shape index (κ1) is 16.3. The molecule has 1 aliphatic heterocycles. The lowest BCUT2D eigenvalue weighted by Crippen LogP contribution is -2.45. The van der Waals surface area contributed by atoms with Gasteiger partial charge in [0.25, 0.3) is 5.91 Å². The highest BCUT2D eigenvalue weighted by Crippen LogP contribution is 2.15. The number of amides is 2. The van der Waals surface area contributed by atoms with Crippen molar-refractivity contribution in [2.75, 3.05) is 26.8 Å². The summed E-state index contributed by atoms with van der Waals surface area (Å²) in [5.41, 5.74) is 0.338. The van der Waals surface area contributed by atoms with Crippen LogP contribution in [-0.4, -0.2) is 59.8 Å². The predicted octanol–water partition coefficient (Wildman–Crippen LogP) is 0.701. The van der Waals surface area contributed by atoms with E-state index in [9.17, 15) is 14.4 Å². The minimum Gasteiger partial charge on any atom is -0.465 e. The maximum atomic E-state index is 12.4. The number of pyridine rings is 1. The summed E-state index contributed by atoms with van der Waals surface area (Å²) in [5.74, 6) is 1.19. The number of esters is 1. The number of terminal acetylenes is 1. The molecule has 0 aliphatic carbocycles. The Balaban J connectivity index is 2.11. The van der Waals surface area contributed by atoms with Gasteiger partial charge in [-0.2, -0.15) is 0 Å². The van der Waals surface area contributed by atoms with Crippen LogP contribution in [0.4, 0.5) is 4.79 Å². The van der Waals surface area contributed by atoms with Crippen molar-refractivity contribution in [2.45, 2.75) is 6.42 Å². The van der Waals surface area contributed by atoms with E-state index in [1.807, 2.05) is 0 Å². The summed E-state index contributed by atoms with van der Waals surface area (Å²) in [4.78, 5) is 39.6. The van der Waals surface area contributed by atoms with Crippen LogP contribution in [0, 0.1) is 12.3 Å². The Hall–Kier alpha value is -3.08. The van der Waals surface area contributed by atoms with Gasteiger partial charge in [-0.3, -0.25) is 9.78 Å². The zero-order valence-corrected chi connectivity index (χ0v) is 12.5. The molecule has 23 heavy (non-hydrogen) atoms. The maximum absolute atomic E-state index is 12.4. The second kappa shape index (κ2) is 7.26. The van der Waals surface area contributed by atoms with Gasteiger partial charge < -0.3 is 9.47 Å². The Bertz CT molecular complexity index is 650. The monoisotopic (exact) mass is 317 g/mol. The Labute approximate surface area is 132 Å². The molecule has 8 nitrogen and oxygen atoms in total. The van der Waals surface area contributed by atoms with Crippen molar-refractivity contribution < 1.29 is 23.9 Å². The summed E-state index contributed by atoms with van der Waals surface area (Å²) in [6.45, 7) is 0.559. The first-order valence-corrected chi connectivity index (χ1v) is 6.82. The number of carbonyl (C=O) groups excluding carboxylic acids is 3. The van der Waals surface area contributed by atoms with Gasteiger partial charge in [-0.1, -0.05) is 5.92 Å². The van der Waals surface area contributed by atoms with E-state index in [-0.39, 0.29) is 17.9 Å². The zero-order chi connectivity index (χ0) is 16.8. The Morgan fingerprint density at radius 1 is 1.30 bits per heavy atom. The molecule has 0 saturated carbocycles. The molecule has 0 bridgehead atoms. The summed E-state index contributed by atoms with van der Waals surface area (Å²) in [6, 6.07) is 2.83. The molecule has 1 saturated heterocycles. The normalized spacial score (nSPS) is 13.4. The van der Waals surface area contributed by atoms with E-state index in [2.05, 4.69) is 15.6 Å². The topological polar surface area (TPSA) is 89.0 Å². The third-order valence-corrected chi connectivity index (χ3v) is 3.16. The third-order valence-electron chi connectivity index (χ3n) is 3.16. The summed E-state index contributed by atoms with van der Waals surface area (Å²) in [7, 11) is 1.26. The fourth-order valence-corrected chi connectivity index (χ4v) is 2.08. The molecule has 120 valence electrons. The van der Waals surface area contributed by atoms with E-state index in [0.29, 0.717) is 19.5 Å². The molecular formula is C15H15N3O5. The lowest BCUT2D eigenvalue weighted by Gasteiger charge is -2.26. The van der Waals surface area contributed by atoms with Crippen molar-refractivity contribution in [2.24, 2.45) is 0 Å². The van der Waals surface area contributed by atoms with Crippen LogP contribution in [0.3, 0.4) is 0 Å². The highest BCUT2D eigenvalue weighted by molar-refractivity contribution is 5.95. The number of aromatic nitrogens is 1. The minimum absolute atomic E-state index is 0.106. The number of ether oxygens (including phenoxy) is 2. The van der Waals surface area contributed by atoms with Gasteiger partial charge in [0, 0.05) is 19.3 Å². The molecule has 1 aliphatic rings. The van der Waals surface area contributed by atoms with Crippen molar-refractivity contribution in [3.63, 3.8) is 0 Å². The molecule has 1 fully saturated rings. The summed E-state index contributed by atoms with van der Waals surface area (Å²) in [6.07, 6.45) is 6.22. The first-order chi connectivity index (χ1) is 11.1. The minimum atomic E-state index is -0.681. The lowest BCUT2D eigenvalue weighted by molar-refractivity contribution is 0.0161. The average Bonchev–Trinajstić information content (AvgIpc) is 3.08. The van der Waals surface area contributed by atoms with Gasteiger partial charge in [0.15, 0.2) is 6.61 Å². The van der Waals surface area contributed by atoms with Crippen LogP contribution in [0.1, 0.15) is 27.3 Å². The molecule has 0 atom stereocenters. The van der Waals surface area contributed by atoms with E-state index in [0.717, 1.165) is 0 Å². The van der Waals surface area contributed by atoms with Gasteiger partial charge in [-0.25, -0.2) is 19.6 Å². The molecule has 0 spiro atoms. The number of carbonyl (C=O) groups is 3. The highest BCUT2D eigenvalue weighted by atomic mass is 16.6. The van der Waals surface area contributed by atoms with E-state index in [1.54, 1.807) is 0 Å². The lowest BCUT2D eigenvalue weighted by atomic mass is 10.2. The van der Waals surface area contributed by atoms with Crippen LogP contribution in [0.5, 0.6) is 0 Å². The van der Waals surface area contributed by atoms with Crippen LogP contribution in [0.2, 0.25) is 0 Å². The number of hydrogen-bond donors (Lipinski definition) is 0. The zero-order valence-electron chi connectivity index (χ0n) is 12.5. The molecule has 1 aromatic heterocycles. The van der Waals surface area contributed by atoms with E-state index in [4.69, 9.17) is 11.2 Å². The van der Waals surface area contributed by atoms with Gasteiger partial charge >= 0.3 is 12.1 Å². The second-order valence-corrected chi connectivity index (χ2v) is 4.59. The van der Waals surface area contributed by atoms with Crippen molar-refractivity contribution in [1.29, 1.82) is 0 Å². The molecule has 0 aromatic carbocycles. The van der Waals surface area contributed by atoms with E-state index < -0.39 is 18.0 Å². The second-order valence-electron chi connectivity index (χ2n) is 4.59. The largest absolute Gasteiger partial charge is 0.465 e. The quantitative estimate of drug-likeness (QED) is 0.602. The van der Waals surface area contributed by atoms with Gasteiger partial charge in [-0.15, -0.1) is 6.42 Å². The van der Waals surface area contributed by atoms with Crippen molar-refractivity contribution >= 4 is 18.0 Å². The van der Waals surface area contributed by atoms with Gasteiger partial charge in [0.1, 0.15) is 5.69 Å². The number of nitrogens with zero attached hydrogens (tertiary/aromatic N) is 3. The summed E-state index contributed by atoms with van der Waals surface area (Å²) in [5, 5.41) is 2.44. The molecule has 2 amide bonds. The van der Waals surface area contributed by atoms with Gasteiger partial charge in [-0.05, 0) is 18.6 Å². The molecule has 0 N–H and O–H groups in total. The van der Waals surface area contributed by atoms with Crippen LogP contribution < -0.4 is 0 Å². The van der Waals surface area contributed by atoms with Crippen LogP contribution in [0.15, 0.2) is 18.3 Å². The summed E-state index contributed by atoms with van der Waals surface area (Å²) >= 11 is 0. The first-order valence-electron chi connectivity index (χ1n) is 6.82. The Morgan fingerprint density at radius 3 is 2.65 bits per heavy atom. The van der Waals surface area contributed by atoms with Gasteiger partial charge in [0.05, 0.1) is 12.7 Å². The summed E-state index contributed by atoms with van der Waals surface area (Å²) < 4.78 is 9.39. The molecule has 0 unspecified atom stereocenters. The number of methoxy groups -OCH3 is 1. The molecular weight excluding hydrogens is 302 g/mol. The molecule has 2 heterocycles. The molecule has 8 heteroatoms. The molecule has 2 rings (SSSR count). The molecule has 0 radical (unpaired) electrons. The third kappa shape index (κ3) is 3.58. The van der Waals surface area contributed by atoms with Crippen molar-refractivity contribution in [3.8, 4) is 12.3 Å². The number of rotatable bonds is 3. The van der Waals surface area contributed by atoms with Crippen LogP contribution in [0.25, 0.3) is 0 Å². The fourth-order valence-electron chi connectivity index (χ4n) is 2.08. The Morgan fingerprint density at radius 2 is 2.04 bits per heavy atom. The number of hydrogen-bond acceptors (Lipinski definition) is 6. The van der Waals surface area contributed by atoms with Crippen molar-refractivity contribution in [3.05, 3.63) is 29.6 Å². The highest BCUT2D eigenvalue weighted by Gasteiger charge is 2.32. The van der Waals surface area contributed by atoms with Crippen molar-refractivity contribution in [1.82, 2.24) is 15.0 Å². The smallest absolute Gasteiger partial charge is 0.429 e. The van der Waals surface area contributed by atoms with Gasteiger partial charge in [0.2, 0.25) is 0 Å². The Kier molecular flexibility index (Phi) is 5.15. The SMILES string of the molecule is C#CCOC(=O)N1CCCN1C(=O)c1ccc(C(=O)OC)cn1.